The van der Waals surface area contributed by atoms with Gasteiger partial charge in [-0.2, -0.15) is 5.26 Å². The van der Waals surface area contributed by atoms with E-state index in [1.807, 2.05) is 25.1 Å². The number of benzene rings is 2. The zero-order valence-electron chi connectivity index (χ0n) is 17.4. The van der Waals surface area contributed by atoms with E-state index in [0.29, 0.717) is 17.8 Å². The molecule has 1 fully saturated rings. The van der Waals surface area contributed by atoms with Gasteiger partial charge in [0.1, 0.15) is 12.1 Å². The van der Waals surface area contributed by atoms with Crippen LogP contribution < -0.4 is 20.4 Å². The predicted molar refractivity (Wildman–Crippen MR) is 116 cm³/mol. The van der Waals surface area contributed by atoms with E-state index in [9.17, 15) is 9.59 Å². The minimum absolute atomic E-state index is 0.0897. The van der Waals surface area contributed by atoms with Crippen LogP contribution in [0.3, 0.4) is 0 Å². The summed E-state index contributed by atoms with van der Waals surface area (Å²) < 4.78 is 0. The van der Waals surface area contributed by atoms with Crippen molar-refractivity contribution in [3.63, 3.8) is 0 Å². The Bertz CT molecular complexity index is 927. The molecule has 0 aliphatic carbocycles. The highest BCUT2D eigenvalue weighted by atomic mass is 16.2. The van der Waals surface area contributed by atoms with E-state index in [0.717, 1.165) is 24.3 Å². The number of hydrogen-bond acceptors (Lipinski definition) is 4. The van der Waals surface area contributed by atoms with Gasteiger partial charge in [-0.25, -0.2) is 0 Å². The molecule has 1 atom stereocenters. The van der Waals surface area contributed by atoms with E-state index in [1.54, 1.807) is 24.3 Å². The Morgan fingerprint density at radius 3 is 2.37 bits per heavy atom. The Kier molecular flexibility index (Phi) is 7.04. The molecule has 1 saturated heterocycles. The number of hydrogen-bond donors (Lipinski definition) is 3. The number of nitrogens with zero attached hydrogens (tertiary/aromatic N) is 2. The first-order valence-electron chi connectivity index (χ1n) is 10.2. The SMILES string of the molecule is CN(C)c1ccc([C@@H](CNC(=O)C(=O)Nc2ccccc2C#N)[NH+]2CCCC2)cc1. The van der Waals surface area contributed by atoms with Crippen molar-refractivity contribution < 1.29 is 14.5 Å². The van der Waals surface area contributed by atoms with E-state index >= 15 is 0 Å². The van der Waals surface area contributed by atoms with Crippen molar-refractivity contribution in [2.75, 3.05) is 43.9 Å². The zero-order valence-corrected chi connectivity index (χ0v) is 17.4. The number of likely N-dealkylation sites (tertiary alicyclic amines) is 1. The van der Waals surface area contributed by atoms with E-state index in [4.69, 9.17) is 5.26 Å². The predicted octanol–water partition coefficient (Wildman–Crippen LogP) is 1.10. The number of amides is 2. The lowest BCUT2D eigenvalue weighted by atomic mass is 10.0. The zero-order chi connectivity index (χ0) is 21.5. The quantitative estimate of drug-likeness (QED) is 0.627. The fraction of sp³-hybridized carbons (Fsp3) is 0.348. The lowest BCUT2D eigenvalue weighted by Gasteiger charge is -2.25. The second-order valence-electron chi connectivity index (χ2n) is 7.73. The average molecular weight is 407 g/mol. The molecule has 0 aromatic heterocycles. The van der Waals surface area contributed by atoms with Gasteiger partial charge in [0.15, 0.2) is 0 Å². The highest BCUT2D eigenvalue weighted by Gasteiger charge is 2.28. The van der Waals surface area contributed by atoms with Gasteiger partial charge in [-0.15, -0.1) is 0 Å². The first-order valence-corrected chi connectivity index (χ1v) is 10.2. The number of rotatable bonds is 6. The van der Waals surface area contributed by atoms with E-state index < -0.39 is 11.8 Å². The van der Waals surface area contributed by atoms with Crippen molar-refractivity contribution >= 4 is 23.2 Å². The fourth-order valence-electron chi connectivity index (χ4n) is 3.82. The van der Waals surface area contributed by atoms with Crippen LogP contribution in [0.2, 0.25) is 0 Å². The number of nitrogens with one attached hydrogen (secondary N) is 3. The molecule has 3 N–H and O–H groups in total. The third-order valence-electron chi connectivity index (χ3n) is 5.52. The molecule has 2 aromatic rings. The van der Waals surface area contributed by atoms with Crippen LogP contribution in [0.4, 0.5) is 11.4 Å². The van der Waals surface area contributed by atoms with Gasteiger partial charge in [0, 0.05) is 38.2 Å². The smallest absolute Gasteiger partial charge is 0.313 e. The third-order valence-corrected chi connectivity index (χ3v) is 5.52. The largest absolute Gasteiger partial charge is 0.378 e. The molecule has 3 rings (SSSR count). The first-order chi connectivity index (χ1) is 14.5. The second-order valence-corrected chi connectivity index (χ2v) is 7.73. The van der Waals surface area contributed by atoms with Crippen molar-refractivity contribution in [1.29, 1.82) is 5.26 Å². The third kappa shape index (κ3) is 5.16. The molecule has 2 aromatic carbocycles. The molecule has 2 amide bonds. The van der Waals surface area contributed by atoms with Gasteiger partial charge in [-0.05, 0) is 24.3 Å². The maximum absolute atomic E-state index is 12.4. The molecular weight excluding hydrogens is 378 g/mol. The summed E-state index contributed by atoms with van der Waals surface area (Å²) in [5.41, 5.74) is 2.92. The van der Waals surface area contributed by atoms with Crippen LogP contribution >= 0.6 is 0 Å². The molecular formula is C23H28N5O2+. The van der Waals surface area contributed by atoms with Crippen LogP contribution in [0.1, 0.15) is 30.0 Å². The van der Waals surface area contributed by atoms with Gasteiger partial charge in [0.2, 0.25) is 0 Å². The van der Waals surface area contributed by atoms with E-state index in [2.05, 4.69) is 34.9 Å². The summed E-state index contributed by atoms with van der Waals surface area (Å²) in [4.78, 5) is 28.2. The van der Waals surface area contributed by atoms with Crippen LogP contribution in [0.25, 0.3) is 0 Å². The highest BCUT2D eigenvalue weighted by Crippen LogP contribution is 2.17. The van der Waals surface area contributed by atoms with Crippen molar-refractivity contribution in [1.82, 2.24) is 5.32 Å². The molecule has 1 aliphatic heterocycles. The number of nitriles is 1. The summed E-state index contributed by atoms with van der Waals surface area (Å²) in [7, 11) is 4.00. The van der Waals surface area contributed by atoms with Gasteiger partial charge in [-0.1, -0.05) is 24.3 Å². The van der Waals surface area contributed by atoms with Crippen LogP contribution in [0.15, 0.2) is 48.5 Å². The Morgan fingerprint density at radius 1 is 1.07 bits per heavy atom. The summed E-state index contributed by atoms with van der Waals surface area (Å²) in [5, 5.41) is 14.5. The first kappa shape index (κ1) is 21.3. The number of para-hydroxylation sites is 1. The van der Waals surface area contributed by atoms with Crippen LogP contribution in [0.5, 0.6) is 0 Å². The number of anilines is 2. The molecule has 0 spiro atoms. The topological polar surface area (TPSA) is 89.7 Å². The Labute approximate surface area is 177 Å². The Balaban J connectivity index is 1.66. The lowest BCUT2D eigenvalue weighted by Crippen LogP contribution is -3.11. The van der Waals surface area contributed by atoms with Crippen molar-refractivity contribution in [3.05, 3.63) is 59.7 Å². The molecule has 0 unspecified atom stereocenters. The summed E-state index contributed by atoms with van der Waals surface area (Å²) >= 11 is 0. The number of carbonyl (C=O) groups is 2. The highest BCUT2D eigenvalue weighted by molar-refractivity contribution is 6.39. The standard InChI is InChI=1S/C23H27N5O2/c1-27(2)19-11-9-17(10-12-19)21(28-13-5-6-14-28)16-25-22(29)23(30)26-20-8-4-3-7-18(20)15-24/h3-4,7-12,21H,5-6,13-14,16H2,1-2H3,(H,25,29)(H,26,30)/p+1/t21-/m1/s1. The summed E-state index contributed by atoms with van der Waals surface area (Å²) in [6.07, 6.45) is 2.34. The molecule has 156 valence electrons. The molecule has 30 heavy (non-hydrogen) atoms. The van der Waals surface area contributed by atoms with Crippen LogP contribution in [0, 0.1) is 11.3 Å². The molecule has 0 bridgehead atoms. The van der Waals surface area contributed by atoms with E-state index in [-0.39, 0.29) is 6.04 Å². The van der Waals surface area contributed by atoms with Gasteiger partial charge in [-0.3, -0.25) is 9.59 Å². The summed E-state index contributed by atoms with van der Waals surface area (Å²) in [6.45, 7) is 2.48. The maximum Gasteiger partial charge on any atom is 0.313 e. The number of quaternary nitrogens is 1. The average Bonchev–Trinajstić information content (AvgIpc) is 3.29. The van der Waals surface area contributed by atoms with Crippen molar-refractivity contribution in [2.45, 2.75) is 18.9 Å². The fourth-order valence-corrected chi connectivity index (χ4v) is 3.82. The monoisotopic (exact) mass is 406 g/mol. The summed E-state index contributed by atoms with van der Waals surface area (Å²) in [5.74, 6) is -1.47. The maximum atomic E-state index is 12.4. The van der Waals surface area contributed by atoms with Crippen LogP contribution in [-0.4, -0.2) is 45.5 Å². The minimum Gasteiger partial charge on any atom is -0.378 e. The summed E-state index contributed by atoms with van der Waals surface area (Å²) in [6, 6.07) is 17.1. The van der Waals surface area contributed by atoms with Gasteiger partial charge >= 0.3 is 11.8 Å². The molecule has 1 aliphatic rings. The molecule has 7 heteroatoms. The van der Waals surface area contributed by atoms with Gasteiger partial charge in [0.25, 0.3) is 0 Å². The molecule has 1 heterocycles. The molecule has 0 radical (unpaired) electrons. The number of carbonyl (C=O) groups excluding carboxylic acids is 2. The molecule has 7 nitrogen and oxygen atoms in total. The van der Waals surface area contributed by atoms with Gasteiger partial charge < -0.3 is 20.4 Å². The minimum atomic E-state index is -0.768. The van der Waals surface area contributed by atoms with Crippen molar-refractivity contribution in [2.24, 2.45) is 0 Å². The van der Waals surface area contributed by atoms with E-state index in [1.165, 1.54) is 17.7 Å². The second kappa shape index (κ2) is 9.90. The lowest BCUT2D eigenvalue weighted by molar-refractivity contribution is -0.918. The Hall–Kier alpha value is -3.37. The van der Waals surface area contributed by atoms with Crippen molar-refractivity contribution in [3.8, 4) is 6.07 Å². The van der Waals surface area contributed by atoms with Gasteiger partial charge in [0.05, 0.1) is 30.9 Å². The normalized spacial score (nSPS) is 14.6. The van der Waals surface area contributed by atoms with Crippen LogP contribution in [-0.2, 0) is 9.59 Å². The molecule has 0 saturated carbocycles. The Morgan fingerprint density at radius 2 is 1.73 bits per heavy atom.